The van der Waals surface area contributed by atoms with Crippen molar-refractivity contribution in [2.24, 2.45) is 0 Å². The monoisotopic (exact) mass is 362 g/mol. The van der Waals surface area contributed by atoms with Gasteiger partial charge in [-0.05, 0) is 67.3 Å². The van der Waals surface area contributed by atoms with E-state index in [1.807, 2.05) is 12.3 Å². The minimum absolute atomic E-state index is 0.00838. The molecule has 140 valence electrons. The number of carbonyl (C=O) groups is 1. The molecular formula is C23H26N2O2. The molecule has 2 N–H and O–H groups in total. The second-order valence-electron chi connectivity index (χ2n) is 8.26. The van der Waals surface area contributed by atoms with Crippen molar-refractivity contribution in [3.63, 3.8) is 0 Å². The first-order valence-corrected chi connectivity index (χ1v) is 9.43. The number of ether oxygens (including phenoxy) is 1. The Bertz CT molecular complexity index is 1050. The minimum atomic E-state index is -0.279. The Labute approximate surface area is 159 Å². The normalized spacial score (nSPS) is 18.0. The van der Waals surface area contributed by atoms with E-state index >= 15 is 0 Å². The molecule has 0 amide bonds. The second kappa shape index (κ2) is 6.15. The van der Waals surface area contributed by atoms with Gasteiger partial charge in [-0.1, -0.05) is 25.1 Å². The lowest BCUT2D eigenvalue weighted by atomic mass is 9.77. The van der Waals surface area contributed by atoms with Crippen LogP contribution >= 0.6 is 0 Å². The predicted molar refractivity (Wildman–Crippen MR) is 111 cm³/mol. The van der Waals surface area contributed by atoms with Gasteiger partial charge in [0.2, 0.25) is 0 Å². The summed E-state index contributed by atoms with van der Waals surface area (Å²) in [6.07, 6.45) is 2.89. The highest BCUT2D eigenvalue weighted by Gasteiger charge is 2.35. The van der Waals surface area contributed by atoms with Crippen molar-refractivity contribution < 1.29 is 9.53 Å². The number of aromatic nitrogens is 1. The molecule has 0 aliphatic carbocycles. The third kappa shape index (κ3) is 2.80. The molecule has 1 aliphatic heterocycles. The van der Waals surface area contributed by atoms with E-state index in [-0.39, 0.29) is 17.4 Å². The van der Waals surface area contributed by atoms with Crippen molar-refractivity contribution in [1.82, 2.24) is 4.98 Å². The number of methoxy groups -OCH3 is 1. The summed E-state index contributed by atoms with van der Waals surface area (Å²) in [5.74, 6) is -0.0231. The molecule has 1 aliphatic rings. The Kier molecular flexibility index (Phi) is 4.02. The maximum Gasteiger partial charge on any atom is 0.338 e. The Balaban J connectivity index is 2.07. The Morgan fingerprint density at radius 2 is 2.00 bits per heavy atom. The highest BCUT2D eigenvalue weighted by atomic mass is 16.5. The Hall–Kier alpha value is -2.75. The van der Waals surface area contributed by atoms with Gasteiger partial charge in [0.15, 0.2) is 0 Å². The van der Waals surface area contributed by atoms with E-state index in [0.717, 1.165) is 45.3 Å². The first-order valence-electron chi connectivity index (χ1n) is 9.43. The molecule has 1 aromatic heterocycles. The summed E-state index contributed by atoms with van der Waals surface area (Å²) in [6.45, 7) is 8.72. The van der Waals surface area contributed by atoms with Gasteiger partial charge < -0.3 is 15.0 Å². The van der Waals surface area contributed by atoms with E-state index in [1.165, 1.54) is 7.11 Å². The van der Waals surface area contributed by atoms with Crippen LogP contribution in [0.4, 0.5) is 5.69 Å². The number of benzene rings is 2. The van der Waals surface area contributed by atoms with E-state index in [2.05, 4.69) is 62.3 Å². The number of rotatable bonds is 2. The first kappa shape index (κ1) is 17.7. The fourth-order valence-corrected chi connectivity index (χ4v) is 4.60. The summed E-state index contributed by atoms with van der Waals surface area (Å²) in [5, 5.41) is 4.78. The van der Waals surface area contributed by atoms with Crippen molar-refractivity contribution >= 4 is 22.6 Å². The van der Waals surface area contributed by atoms with Crippen molar-refractivity contribution in [2.45, 2.75) is 45.6 Å². The molecule has 0 radical (unpaired) electrons. The number of para-hydroxylation sites is 1. The standard InChI is InChI=1S/C23H26N2O2/c1-13-11-17(16-8-6-7-15-9-10-24-21(15)16)19(22(26)27-5)18-14(2)12-23(3,4)25-20(13)18/h6-11,14,24-25H,12H2,1-5H3. The lowest BCUT2D eigenvalue weighted by molar-refractivity contribution is 0.0599. The van der Waals surface area contributed by atoms with Crippen molar-refractivity contribution in [2.75, 3.05) is 12.4 Å². The van der Waals surface area contributed by atoms with E-state index in [4.69, 9.17) is 4.74 Å². The van der Waals surface area contributed by atoms with Gasteiger partial charge in [0.1, 0.15) is 0 Å². The fraction of sp³-hybridized carbons (Fsp3) is 0.348. The molecule has 0 fully saturated rings. The molecule has 1 atom stereocenters. The number of hydrogen-bond donors (Lipinski definition) is 2. The highest BCUT2D eigenvalue weighted by molar-refractivity contribution is 6.06. The average molecular weight is 362 g/mol. The molecule has 2 aromatic carbocycles. The molecule has 2 heterocycles. The predicted octanol–water partition coefficient (Wildman–Crippen LogP) is 5.63. The number of anilines is 1. The molecule has 4 heteroatoms. The first-order chi connectivity index (χ1) is 12.8. The topological polar surface area (TPSA) is 54.1 Å². The number of esters is 1. The van der Waals surface area contributed by atoms with E-state index < -0.39 is 0 Å². The van der Waals surface area contributed by atoms with E-state index in [0.29, 0.717) is 5.56 Å². The number of carbonyl (C=O) groups excluding carboxylic acids is 1. The van der Waals surface area contributed by atoms with Gasteiger partial charge in [-0.2, -0.15) is 0 Å². The van der Waals surface area contributed by atoms with Gasteiger partial charge in [-0.3, -0.25) is 0 Å². The number of H-pyrrole nitrogens is 1. The maximum atomic E-state index is 12.9. The largest absolute Gasteiger partial charge is 0.465 e. The van der Waals surface area contributed by atoms with Gasteiger partial charge >= 0.3 is 5.97 Å². The molecule has 0 bridgehead atoms. The zero-order valence-corrected chi connectivity index (χ0v) is 16.6. The zero-order chi connectivity index (χ0) is 19.3. The molecule has 4 rings (SSSR count). The maximum absolute atomic E-state index is 12.9. The van der Waals surface area contributed by atoms with Crippen molar-refractivity contribution in [1.29, 1.82) is 0 Å². The minimum Gasteiger partial charge on any atom is -0.465 e. The van der Waals surface area contributed by atoms with E-state index in [1.54, 1.807) is 0 Å². The summed E-state index contributed by atoms with van der Waals surface area (Å²) in [5.41, 5.74) is 6.96. The molecule has 1 unspecified atom stereocenters. The average Bonchev–Trinajstić information content (AvgIpc) is 3.09. The Morgan fingerprint density at radius 3 is 2.74 bits per heavy atom. The van der Waals surface area contributed by atoms with Gasteiger partial charge in [0.05, 0.1) is 18.2 Å². The van der Waals surface area contributed by atoms with Crippen LogP contribution < -0.4 is 5.32 Å². The van der Waals surface area contributed by atoms with Crippen LogP contribution in [-0.2, 0) is 4.74 Å². The van der Waals surface area contributed by atoms with Crippen LogP contribution in [0, 0.1) is 6.92 Å². The summed E-state index contributed by atoms with van der Waals surface area (Å²) >= 11 is 0. The number of nitrogens with one attached hydrogen (secondary N) is 2. The summed E-state index contributed by atoms with van der Waals surface area (Å²) in [4.78, 5) is 16.2. The number of aromatic amines is 1. The van der Waals surface area contributed by atoms with Crippen LogP contribution in [0.1, 0.15) is 54.6 Å². The second-order valence-corrected chi connectivity index (χ2v) is 8.26. The highest BCUT2D eigenvalue weighted by Crippen LogP contribution is 2.46. The van der Waals surface area contributed by atoms with Crippen LogP contribution in [0.15, 0.2) is 36.5 Å². The molecule has 27 heavy (non-hydrogen) atoms. The van der Waals surface area contributed by atoms with Gasteiger partial charge in [0, 0.05) is 23.0 Å². The number of hydrogen-bond acceptors (Lipinski definition) is 3. The molecule has 4 nitrogen and oxygen atoms in total. The van der Waals surface area contributed by atoms with Crippen LogP contribution in [0.3, 0.4) is 0 Å². The summed E-state index contributed by atoms with van der Waals surface area (Å²) in [6, 6.07) is 10.3. The lowest BCUT2D eigenvalue weighted by Gasteiger charge is -2.39. The molecular weight excluding hydrogens is 336 g/mol. The molecule has 0 saturated heterocycles. The third-order valence-corrected chi connectivity index (χ3v) is 5.60. The van der Waals surface area contributed by atoms with Gasteiger partial charge in [-0.25, -0.2) is 4.79 Å². The summed E-state index contributed by atoms with van der Waals surface area (Å²) in [7, 11) is 1.46. The van der Waals surface area contributed by atoms with Crippen LogP contribution in [0.2, 0.25) is 0 Å². The molecule has 0 spiro atoms. The number of fused-ring (bicyclic) bond motifs is 2. The molecule has 0 saturated carbocycles. The SMILES string of the molecule is COC(=O)c1c(-c2cccc3cc[nH]c23)cc(C)c2c1C(C)CC(C)(C)N2. The van der Waals surface area contributed by atoms with Crippen LogP contribution in [0.5, 0.6) is 0 Å². The smallest absolute Gasteiger partial charge is 0.338 e. The molecule has 3 aromatic rings. The third-order valence-electron chi connectivity index (χ3n) is 5.60. The van der Waals surface area contributed by atoms with Crippen LogP contribution in [-0.4, -0.2) is 23.6 Å². The quantitative estimate of drug-likeness (QED) is 0.581. The van der Waals surface area contributed by atoms with Crippen LogP contribution in [0.25, 0.3) is 22.0 Å². The van der Waals surface area contributed by atoms with Crippen molar-refractivity contribution in [3.05, 3.63) is 53.2 Å². The van der Waals surface area contributed by atoms with E-state index in [9.17, 15) is 4.79 Å². The zero-order valence-electron chi connectivity index (χ0n) is 16.6. The summed E-state index contributed by atoms with van der Waals surface area (Å²) < 4.78 is 5.22. The lowest BCUT2D eigenvalue weighted by Crippen LogP contribution is -2.38. The van der Waals surface area contributed by atoms with Gasteiger partial charge in [-0.15, -0.1) is 0 Å². The Morgan fingerprint density at radius 1 is 1.22 bits per heavy atom. The van der Waals surface area contributed by atoms with Gasteiger partial charge in [0.25, 0.3) is 0 Å². The number of aryl methyl sites for hydroxylation is 1. The fourth-order valence-electron chi connectivity index (χ4n) is 4.60. The van der Waals surface area contributed by atoms with Crippen molar-refractivity contribution in [3.8, 4) is 11.1 Å².